The molecular weight excluding hydrogens is 306 g/mol. The number of amides is 1. The van der Waals surface area contributed by atoms with Gasteiger partial charge in [0.2, 0.25) is 5.91 Å². The molecule has 0 aliphatic carbocycles. The summed E-state index contributed by atoms with van der Waals surface area (Å²) in [4.78, 5) is 16.7. The number of fused-ring (bicyclic) bond motifs is 1. The highest BCUT2D eigenvalue weighted by atomic mass is 79.9. The van der Waals surface area contributed by atoms with Crippen LogP contribution in [-0.4, -0.2) is 55.0 Å². The smallest absolute Gasteiger partial charge is 0.244 e. The second kappa shape index (κ2) is 5.23. The number of carbonyl (C=O) groups excluding carboxylic acids is 1. The van der Waals surface area contributed by atoms with Crippen LogP contribution < -0.4 is 5.32 Å². The fourth-order valence-electron chi connectivity index (χ4n) is 3.05. The SMILES string of the molecule is CN1CC2CNCCN2C(c2cccc(Br)c2)C1=O. The monoisotopic (exact) mass is 323 g/mol. The highest BCUT2D eigenvalue weighted by molar-refractivity contribution is 9.10. The summed E-state index contributed by atoms with van der Waals surface area (Å²) >= 11 is 3.50. The van der Waals surface area contributed by atoms with Gasteiger partial charge in [-0.05, 0) is 17.7 Å². The van der Waals surface area contributed by atoms with Gasteiger partial charge in [0, 0.05) is 43.7 Å². The molecule has 1 aromatic carbocycles. The first-order chi connectivity index (χ1) is 9.16. The molecule has 2 aliphatic heterocycles. The fourth-order valence-corrected chi connectivity index (χ4v) is 3.47. The number of rotatable bonds is 1. The van der Waals surface area contributed by atoms with Crippen LogP contribution >= 0.6 is 15.9 Å². The minimum absolute atomic E-state index is 0.136. The number of hydrogen-bond acceptors (Lipinski definition) is 3. The molecule has 2 unspecified atom stereocenters. The molecule has 2 atom stereocenters. The average molecular weight is 324 g/mol. The summed E-state index contributed by atoms with van der Waals surface area (Å²) in [7, 11) is 1.90. The van der Waals surface area contributed by atoms with Gasteiger partial charge in [0.15, 0.2) is 0 Å². The Hall–Kier alpha value is -0.910. The Morgan fingerprint density at radius 1 is 1.42 bits per heavy atom. The molecule has 0 aromatic heterocycles. The molecule has 0 saturated carbocycles. The Balaban J connectivity index is 1.97. The first-order valence-corrected chi connectivity index (χ1v) is 7.43. The number of piperazine rings is 2. The predicted octanol–water partition coefficient (Wildman–Crippen LogP) is 1.24. The van der Waals surface area contributed by atoms with Gasteiger partial charge in [-0.1, -0.05) is 28.1 Å². The van der Waals surface area contributed by atoms with E-state index < -0.39 is 0 Å². The Morgan fingerprint density at radius 3 is 3.05 bits per heavy atom. The first kappa shape index (κ1) is 13.1. The lowest BCUT2D eigenvalue weighted by Crippen LogP contribution is -2.63. The van der Waals surface area contributed by atoms with Crippen LogP contribution in [0.3, 0.4) is 0 Å². The maximum atomic E-state index is 12.5. The third-order valence-corrected chi connectivity index (χ3v) is 4.48. The Bertz CT molecular complexity index is 493. The number of nitrogens with one attached hydrogen (secondary N) is 1. The van der Waals surface area contributed by atoms with E-state index in [2.05, 4.69) is 32.2 Å². The molecule has 0 radical (unpaired) electrons. The lowest BCUT2D eigenvalue weighted by molar-refractivity contribution is -0.144. The van der Waals surface area contributed by atoms with Crippen LogP contribution in [0.15, 0.2) is 28.7 Å². The summed E-state index contributed by atoms with van der Waals surface area (Å²) in [5.41, 5.74) is 1.08. The molecule has 19 heavy (non-hydrogen) atoms. The minimum Gasteiger partial charge on any atom is -0.342 e. The zero-order valence-corrected chi connectivity index (χ0v) is 12.6. The molecule has 3 rings (SSSR count). The van der Waals surface area contributed by atoms with E-state index in [9.17, 15) is 4.79 Å². The summed E-state index contributed by atoms with van der Waals surface area (Å²) < 4.78 is 1.03. The van der Waals surface area contributed by atoms with Crippen molar-refractivity contribution in [1.29, 1.82) is 0 Å². The lowest BCUT2D eigenvalue weighted by Gasteiger charge is -2.47. The van der Waals surface area contributed by atoms with Crippen LogP contribution in [0.1, 0.15) is 11.6 Å². The maximum absolute atomic E-state index is 12.5. The van der Waals surface area contributed by atoms with E-state index in [4.69, 9.17) is 0 Å². The third kappa shape index (κ3) is 2.42. The molecule has 102 valence electrons. The van der Waals surface area contributed by atoms with Crippen molar-refractivity contribution in [3.63, 3.8) is 0 Å². The zero-order valence-electron chi connectivity index (χ0n) is 11.0. The molecule has 4 nitrogen and oxygen atoms in total. The molecule has 0 bridgehead atoms. The van der Waals surface area contributed by atoms with Gasteiger partial charge in [-0.25, -0.2) is 0 Å². The molecule has 2 heterocycles. The molecule has 1 amide bonds. The van der Waals surface area contributed by atoms with Gasteiger partial charge in [-0.2, -0.15) is 0 Å². The number of nitrogens with zero attached hydrogens (tertiary/aromatic N) is 2. The zero-order chi connectivity index (χ0) is 13.4. The molecule has 2 fully saturated rings. The third-order valence-electron chi connectivity index (χ3n) is 3.99. The number of likely N-dealkylation sites (N-methyl/N-ethyl adjacent to an activating group) is 1. The van der Waals surface area contributed by atoms with Gasteiger partial charge in [-0.15, -0.1) is 0 Å². The summed E-state index contributed by atoms with van der Waals surface area (Å²) in [5, 5.41) is 3.41. The Morgan fingerprint density at radius 2 is 2.26 bits per heavy atom. The van der Waals surface area contributed by atoms with E-state index in [0.717, 1.165) is 36.2 Å². The highest BCUT2D eigenvalue weighted by Crippen LogP contribution is 2.31. The van der Waals surface area contributed by atoms with E-state index in [1.54, 1.807) is 0 Å². The van der Waals surface area contributed by atoms with Crippen molar-refractivity contribution in [2.45, 2.75) is 12.1 Å². The molecule has 5 heteroatoms. The largest absolute Gasteiger partial charge is 0.342 e. The number of hydrogen-bond donors (Lipinski definition) is 1. The van der Waals surface area contributed by atoms with E-state index in [1.165, 1.54) is 0 Å². The molecule has 2 aliphatic rings. The standard InChI is InChI=1S/C14H18BrN3O/c1-17-9-12-8-16-5-6-18(12)13(14(17)19)10-3-2-4-11(15)7-10/h2-4,7,12-13,16H,5-6,8-9H2,1H3. The van der Waals surface area contributed by atoms with Gasteiger partial charge in [0.25, 0.3) is 0 Å². The fraction of sp³-hybridized carbons (Fsp3) is 0.500. The van der Waals surface area contributed by atoms with Gasteiger partial charge >= 0.3 is 0 Å². The van der Waals surface area contributed by atoms with E-state index in [-0.39, 0.29) is 11.9 Å². The van der Waals surface area contributed by atoms with Crippen LogP contribution in [0.25, 0.3) is 0 Å². The van der Waals surface area contributed by atoms with Crippen molar-refractivity contribution in [3.8, 4) is 0 Å². The number of carbonyl (C=O) groups is 1. The molecule has 0 spiro atoms. The van der Waals surface area contributed by atoms with E-state index >= 15 is 0 Å². The summed E-state index contributed by atoms with van der Waals surface area (Å²) in [6, 6.07) is 8.38. The van der Waals surface area contributed by atoms with Crippen LogP contribution in [-0.2, 0) is 4.79 Å². The number of halogens is 1. The summed E-state index contributed by atoms with van der Waals surface area (Å²) in [5.74, 6) is 0.205. The normalized spacial score (nSPS) is 28.3. The molecule has 1 N–H and O–H groups in total. The van der Waals surface area contributed by atoms with E-state index in [1.807, 2.05) is 30.1 Å². The highest BCUT2D eigenvalue weighted by Gasteiger charge is 2.40. The van der Waals surface area contributed by atoms with Gasteiger partial charge in [0.1, 0.15) is 6.04 Å². The summed E-state index contributed by atoms with van der Waals surface area (Å²) in [6.07, 6.45) is 0. The van der Waals surface area contributed by atoms with Crippen molar-refractivity contribution in [1.82, 2.24) is 15.1 Å². The van der Waals surface area contributed by atoms with Gasteiger partial charge in [0.05, 0.1) is 0 Å². The van der Waals surface area contributed by atoms with Gasteiger partial charge < -0.3 is 10.2 Å². The lowest BCUT2D eigenvalue weighted by atomic mass is 9.97. The molecule has 1 aromatic rings. The Labute approximate surface area is 121 Å². The molecular formula is C14H18BrN3O. The van der Waals surface area contributed by atoms with Crippen LogP contribution in [0.5, 0.6) is 0 Å². The topological polar surface area (TPSA) is 35.6 Å². The summed E-state index contributed by atoms with van der Waals surface area (Å²) in [6.45, 7) is 3.66. The van der Waals surface area contributed by atoms with Gasteiger partial charge in [-0.3, -0.25) is 9.69 Å². The maximum Gasteiger partial charge on any atom is 0.244 e. The number of benzene rings is 1. The van der Waals surface area contributed by atoms with Crippen molar-refractivity contribution in [3.05, 3.63) is 34.3 Å². The first-order valence-electron chi connectivity index (χ1n) is 6.64. The van der Waals surface area contributed by atoms with Crippen molar-refractivity contribution in [2.75, 3.05) is 33.2 Å². The van der Waals surface area contributed by atoms with Crippen LogP contribution in [0.4, 0.5) is 0 Å². The molecule has 2 saturated heterocycles. The predicted molar refractivity (Wildman–Crippen MR) is 77.9 cm³/mol. The van der Waals surface area contributed by atoms with Crippen LogP contribution in [0.2, 0.25) is 0 Å². The van der Waals surface area contributed by atoms with Crippen molar-refractivity contribution in [2.24, 2.45) is 0 Å². The minimum atomic E-state index is -0.136. The average Bonchev–Trinajstić information content (AvgIpc) is 2.40. The second-order valence-electron chi connectivity index (χ2n) is 5.27. The van der Waals surface area contributed by atoms with Crippen molar-refractivity contribution < 1.29 is 4.79 Å². The Kier molecular flexibility index (Phi) is 3.60. The van der Waals surface area contributed by atoms with Crippen molar-refractivity contribution >= 4 is 21.8 Å². The van der Waals surface area contributed by atoms with E-state index in [0.29, 0.717) is 6.04 Å². The second-order valence-corrected chi connectivity index (χ2v) is 6.19. The quantitative estimate of drug-likeness (QED) is 0.844. The van der Waals surface area contributed by atoms with Crippen LogP contribution in [0, 0.1) is 0 Å².